The highest BCUT2D eigenvalue weighted by molar-refractivity contribution is 6.09. The summed E-state index contributed by atoms with van der Waals surface area (Å²) in [5, 5.41) is 2.36. The lowest BCUT2D eigenvalue weighted by Crippen LogP contribution is -2.31. The van der Waals surface area contributed by atoms with Crippen LogP contribution < -0.4 is 14.5 Å². The normalized spacial score (nSPS) is 14.3. The molecule has 7 aromatic rings. The third kappa shape index (κ3) is 7.16. The van der Waals surface area contributed by atoms with E-state index in [2.05, 4.69) is 224 Å². The Bertz CT molecular complexity index is 2640. The molecule has 3 heterocycles. The lowest BCUT2D eigenvalue weighted by atomic mass is 9.78. The van der Waals surface area contributed by atoms with Crippen molar-refractivity contribution in [2.45, 2.75) is 87.0 Å². The van der Waals surface area contributed by atoms with E-state index in [4.69, 9.17) is 9.72 Å². The van der Waals surface area contributed by atoms with E-state index >= 15 is 0 Å². The van der Waals surface area contributed by atoms with Gasteiger partial charge in [-0.05, 0) is 76.7 Å². The zero-order valence-electron chi connectivity index (χ0n) is 36.2. The summed E-state index contributed by atoms with van der Waals surface area (Å²) in [6.45, 7) is 26.0. The number of ether oxygens (including phenoxy) is 1. The third-order valence-electron chi connectivity index (χ3n) is 11.7. The molecule has 0 amide bonds. The van der Waals surface area contributed by atoms with Crippen LogP contribution in [-0.2, 0) is 10.8 Å². The molecule has 0 fully saturated rings. The highest BCUT2D eigenvalue weighted by atomic mass is 16.5. The molecule has 0 bridgehead atoms. The van der Waals surface area contributed by atoms with Gasteiger partial charge in [0.25, 0.3) is 0 Å². The zero-order valence-corrected chi connectivity index (χ0v) is 36.2. The Morgan fingerprint density at radius 1 is 0.466 bits per heavy atom. The molecule has 1 aliphatic heterocycles. The molecule has 0 N–H and O–H groups in total. The van der Waals surface area contributed by atoms with E-state index in [1.165, 1.54) is 44.5 Å². The molecule has 8 rings (SSSR count). The molecule has 0 spiro atoms. The lowest BCUT2D eigenvalue weighted by molar-refractivity contribution is 0.444. The summed E-state index contributed by atoms with van der Waals surface area (Å²) in [6.07, 6.45) is 1.93. The van der Waals surface area contributed by atoms with Crippen LogP contribution in [0.2, 0.25) is 0 Å². The summed E-state index contributed by atoms with van der Waals surface area (Å²) in [5.41, 5.74) is 10.7. The predicted molar refractivity (Wildman–Crippen MR) is 245 cm³/mol. The van der Waals surface area contributed by atoms with Crippen LogP contribution in [0.25, 0.3) is 27.6 Å². The number of nitrogens with zero attached hydrogens (tertiary/aromatic N) is 4. The van der Waals surface area contributed by atoms with Crippen LogP contribution in [0, 0.1) is 10.8 Å². The Kier molecular flexibility index (Phi) is 9.58. The SMILES string of the molecule is CC(C)(C)C1=C(C(C)(C)C)N(c2cccc(Oc3ccc4c5ccccc5n(-c5cc(C(C)(C)C)ccn5)c4c3)c2)CN1c1ccc(C(C)(C)c2ccccc2)cc1. The summed E-state index contributed by atoms with van der Waals surface area (Å²) in [5.74, 6) is 2.48. The summed E-state index contributed by atoms with van der Waals surface area (Å²) in [7, 11) is 0. The second-order valence-electron chi connectivity index (χ2n) is 19.5. The summed E-state index contributed by atoms with van der Waals surface area (Å²) in [6, 6.07) is 47.9. The number of hydrogen-bond acceptors (Lipinski definition) is 4. The number of anilines is 2. The van der Waals surface area contributed by atoms with Gasteiger partial charge in [-0.3, -0.25) is 4.57 Å². The minimum absolute atomic E-state index is 0.00213. The molecular weight excluding hydrogens is 709 g/mol. The van der Waals surface area contributed by atoms with Crippen molar-refractivity contribution in [3.8, 4) is 17.3 Å². The smallest absolute Gasteiger partial charge is 0.137 e. The second kappa shape index (κ2) is 14.2. The number of para-hydroxylation sites is 1. The van der Waals surface area contributed by atoms with Crippen molar-refractivity contribution in [1.82, 2.24) is 9.55 Å². The highest BCUT2D eigenvalue weighted by Crippen LogP contribution is 2.48. The van der Waals surface area contributed by atoms with Crippen molar-refractivity contribution < 1.29 is 4.74 Å². The minimum atomic E-state index is -0.125. The molecule has 5 heteroatoms. The molecule has 5 aromatic carbocycles. The second-order valence-corrected chi connectivity index (χ2v) is 19.5. The van der Waals surface area contributed by atoms with Crippen LogP contribution in [0.5, 0.6) is 11.5 Å². The Balaban J connectivity index is 1.15. The maximum Gasteiger partial charge on any atom is 0.137 e. The molecule has 0 radical (unpaired) electrons. The first-order valence-electron chi connectivity index (χ1n) is 20.7. The molecule has 5 nitrogen and oxygen atoms in total. The molecule has 0 aliphatic carbocycles. The molecule has 0 unspecified atom stereocenters. The standard InChI is InChI=1S/C53H58N4O/c1-50(2,3)38-30-31-54-47(32-38)57-45-23-16-15-22-43(45)44-29-28-42(34-46(44)57)58-41-21-17-20-40(33-41)56-35-55(48(51(4,5)6)49(56)52(7,8)9)39-26-24-37(25-27-39)53(10,11)36-18-13-12-14-19-36/h12-34H,35H2,1-11H3. The molecule has 0 saturated carbocycles. The van der Waals surface area contributed by atoms with E-state index < -0.39 is 0 Å². The van der Waals surface area contributed by atoms with Gasteiger partial charge in [-0.1, -0.05) is 143 Å². The lowest BCUT2D eigenvalue weighted by Gasteiger charge is -2.34. The van der Waals surface area contributed by atoms with E-state index in [1.807, 2.05) is 6.20 Å². The number of allylic oxidation sites excluding steroid dienone is 2. The van der Waals surface area contributed by atoms with Gasteiger partial charge in [-0.2, -0.15) is 0 Å². The molecule has 0 atom stereocenters. The number of benzene rings is 5. The van der Waals surface area contributed by atoms with E-state index in [0.29, 0.717) is 6.67 Å². The van der Waals surface area contributed by atoms with E-state index in [9.17, 15) is 0 Å². The summed E-state index contributed by atoms with van der Waals surface area (Å²) >= 11 is 0. The maximum atomic E-state index is 6.77. The average molecular weight is 767 g/mol. The molecule has 296 valence electrons. The zero-order chi connectivity index (χ0) is 41.2. The first-order valence-corrected chi connectivity index (χ1v) is 20.7. The van der Waals surface area contributed by atoms with Crippen LogP contribution in [-0.4, -0.2) is 16.2 Å². The van der Waals surface area contributed by atoms with E-state index in [-0.39, 0.29) is 21.7 Å². The Morgan fingerprint density at radius 3 is 1.74 bits per heavy atom. The van der Waals surface area contributed by atoms with E-state index in [1.54, 1.807) is 0 Å². The first kappa shape index (κ1) is 39.0. The summed E-state index contributed by atoms with van der Waals surface area (Å²) < 4.78 is 9.04. The monoisotopic (exact) mass is 766 g/mol. The third-order valence-corrected chi connectivity index (χ3v) is 11.7. The fraction of sp³-hybridized carbons (Fsp3) is 0.302. The van der Waals surface area contributed by atoms with Gasteiger partial charge in [0, 0.05) is 68.1 Å². The van der Waals surface area contributed by atoms with Gasteiger partial charge in [-0.15, -0.1) is 0 Å². The van der Waals surface area contributed by atoms with Crippen LogP contribution in [0.3, 0.4) is 0 Å². The molecule has 1 aliphatic rings. The van der Waals surface area contributed by atoms with Gasteiger partial charge in [0.1, 0.15) is 17.3 Å². The van der Waals surface area contributed by atoms with Crippen molar-refractivity contribution in [3.05, 3.63) is 168 Å². The van der Waals surface area contributed by atoms with Crippen molar-refractivity contribution in [2.24, 2.45) is 10.8 Å². The number of aromatic nitrogens is 2. The van der Waals surface area contributed by atoms with Gasteiger partial charge in [0.05, 0.1) is 17.7 Å². The number of pyridine rings is 1. The van der Waals surface area contributed by atoms with Gasteiger partial charge in [0.2, 0.25) is 0 Å². The average Bonchev–Trinajstić information content (AvgIpc) is 3.76. The largest absolute Gasteiger partial charge is 0.457 e. The maximum absolute atomic E-state index is 6.77. The van der Waals surface area contributed by atoms with Crippen LogP contribution in [0.1, 0.15) is 92.9 Å². The van der Waals surface area contributed by atoms with Crippen molar-refractivity contribution in [3.63, 3.8) is 0 Å². The predicted octanol–water partition coefficient (Wildman–Crippen LogP) is 14.2. The van der Waals surface area contributed by atoms with Crippen LogP contribution >= 0.6 is 0 Å². The van der Waals surface area contributed by atoms with Gasteiger partial charge >= 0.3 is 0 Å². The van der Waals surface area contributed by atoms with Crippen molar-refractivity contribution in [1.29, 1.82) is 0 Å². The Hall–Kier alpha value is -5.81. The molecular formula is C53H58N4O. The fourth-order valence-corrected chi connectivity index (χ4v) is 8.68. The number of rotatable bonds is 7. The van der Waals surface area contributed by atoms with Gasteiger partial charge < -0.3 is 14.5 Å². The van der Waals surface area contributed by atoms with Crippen LogP contribution in [0.15, 0.2) is 151 Å². The van der Waals surface area contributed by atoms with E-state index in [0.717, 1.165) is 34.0 Å². The quantitative estimate of drug-likeness (QED) is 0.162. The first-order chi connectivity index (χ1) is 27.4. The molecule has 0 saturated heterocycles. The Morgan fingerprint density at radius 2 is 1.07 bits per heavy atom. The topological polar surface area (TPSA) is 33.5 Å². The fourth-order valence-electron chi connectivity index (χ4n) is 8.68. The molecule has 58 heavy (non-hydrogen) atoms. The van der Waals surface area contributed by atoms with Crippen molar-refractivity contribution >= 4 is 33.2 Å². The number of fused-ring (bicyclic) bond motifs is 3. The molecule has 2 aromatic heterocycles. The van der Waals surface area contributed by atoms with Gasteiger partial charge in [0.15, 0.2) is 0 Å². The van der Waals surface area contributed by atoms with Gasteiger partial charge in [-0.25, -0.2) is 4.98 Å². The number of hydrogen-bond donors (Lipinski definition) is 0. The highest BCUT2D eigenvalue weighted by Gasteiger charge is 2.42. The van der Waals surface area contributed by atoms with Crippen molar-refractivity contribution in [2.75, 3.05) is 16.5 Å². The Labute approximate surface area is 345 Å². The van der Waals surface area contributed by atoms with Crippen LogP contribution in [0.4, 0.5) is 11.4 Å². The summed E-state index contributed by atoms with van der Waals surface area (Å²) in [4.78, 5) is 9.89. The minimum Gasteiger partial charge on any atom is -0.457 e.